The molecule has 0 bridgehead atoms. The quantitative estimate of drug-likeness (QED) is 0.594. The van der Waals surface area contributed by atoms with Gasteiger partial charge < -0.3 is 24.6 Å². The van der Waals surface area contributed by atoms with Crippen LogP contribution < -0.4 is 5.32 Å². The van der Waals surface area contributed by atoms with Gasteiger partial charge in [0.25, 0.3) is 0 Å². The molecule has 0 amide bonds. The topological polar surface area (TPSA) is 60.0 Å². The predicted molar refractivity (Wildman–Crippen MR) is 69.8 cm³/mol. The highest BCUT2D eigenvalue weighted by Crippen LogP contribution is 2.16. The molecule has 0 saturated carbocycles. The minimum atomic E-state index is -0.485. The van der Waals surface area contributed by atoms with E-state index in [-0.39, 0.29) is 11.6 Å². The van der Waals surface area contributed by atoms with Crippen molar-refractivity contribution in [1.29, 1.82) is 0 Å². The Labute approximate surface area is 110 Å². The molecule has 0 aromatic heterocycles. The molecule has 1 heterocycles. The summed E-state index contributed by atoms with van der Waals surface area (Å²) in [5.41, 5.74) is 0.00172. The summed E-state index contributed by atoms with van der Waals surface area (Å²) in [5.74, 6) is 0. The largest absolute Gasteiger partial charge is 0.389 e. The number of nitrogens with one attached hydrogen (secondary N) is 1. The lowest BCUT2D eigenvalue weighted by Crippen LogP contribution is -2.47. The number of aliphatic hydroxyl groups is 1. The van der Waals surface area contributed by atoms with E-state index in [4.69, 9.17) is 14.2 Å². The lowest BCUT2D eigenvalue weighted by atomic mass is 10.0. The number of ether oxygens (including phenoxy) is 3. The summed E-state index contributed by atoms with van der Waals surface area (Å²) in [7, 11) is 0. The van der Waals surface area contributed by atoms with Crippen molar-refractivity contribution in [2.24, 2.45) is 0 Å². The van der Waals surface area contributed by atoms with Gasteiger partial charge in [0.2, 0.25) is 0 Å². The molecule has 2 unspecified atom stereocenters. The SMILES string of the molecule is CC(C)OCCOCC(O)CNC1(C)CCOC1. The molecule has 0 aromatic rings. The van der Waals surface area contributed by atoms with Gasteiger partial charge in [-0.1, -0.05) is 0 Å². The van der Waals surface area contributed by atoms with Crippen molar-refractivity contribution in [3.8, 4) is 0 Å². The Morgan fingerprint density at radius 3 is 2.78 bits per heavy atom. The van der Waals surface area contributed by atoms with Crippen LogP contribution in [0.2, 0.25) is 0 Å². The Kier molecular flexibility index (Phi) is 7.11. The van der Waals surface area contributed by atoms with Crippen molar-refractivity contribution in [2.45, 2.75) is 44.9 Å². The van der Waals surface area contributed by atoms with E-state index >= 15 is 0 Å². The summed E-state index contributed by atoms with van der Waals surface area (Å²) >= 11 is 0. The number of β-amino-alcohol motifs (C(OH)–C–C–N with tert-alkyl or cyclic N) is 1. The fourth-order valence-electron chi connectivity index (χ4n) is 1.79. The average molecular weight is 261 g/mol. The summed E-state index contributed by atoms with van der Waals surface area (Å²) in [4.78, 5) is 0. The molecule has 1 aliphatic heterocycles. The second kappa shape index (κ2) is 8.07. The van der Waals surface area contributed by atoms with E-state index in [1.807, 2.05) is 13.8 Å². The Morgan fingerprint density at radius 1 is 1.39 bits per heavy atom. The second-order valence-electron chi connectivity index (χ2n) is 5.39. The van der Waals surface area contributed by atoms with Crippen LogP contribution in [0.3, 0.4) is 0 Å². The van der Waals surface area contributed by atoms with Crippen LogP contribution in [0.5, 0.6) is 0 Å². The smallest absolute Gasteiger partial charge is 0.0897 e. The third-order valence-corrected chi connectivity index (χ3v) is 2.97. The van der Waals surface area contributed by atoms with E-state index in [1.54, 1.807) is 0 Å². The Balaban J connectivity index is 1.98. The Bertz CT molecular complexity index is 217. The number of rotatable bonds is 9. The molecule has 0 aromatic carbocycles. The molecule has 0 spiro atoms. The van der Waals surface area contributed by atoms with Gasteiger partial charge in [0, 0.05) is 18.7 Å². The first-order chi connectivity index (χ1) is 8.52. The lowest BCUT2D eigenvalue weighted by molar-refractivity contribution is -0.0115. The van der Waals surface area contributed by atoms with Gasteiger partial charge in [-0.3, -0.25) is 0 Å². The van der Waals surface area contributed by atoms with Crippen molar-refractivity contribution in [2.75, 3.05) is 39.6 Å². The van der Waals surface area contributed by atoms with E-state index < -0.39 is 6.10 Å². The molecule has 0 radical (unpaired) electrons. The van der Waals surface area contributed by atoms with Crippen LogP contribution in [0.1, 0.15) is 27.2 Å². The van der Waals surface area contributed by atoms with Gasteiger partial charge in [-0.2, -0.15) is 0 Å². The van der Waals surface area contributed by atoms with Gasteiger partial charge in [-0.25, -0.2) is 0 Å². The summed E-state index contributed by atoms with van der Waals surface area (Å²) < 4.78 is 16.0. The van der Waals surface area contributed by atoms with Crippen LogP contribution >= 0.6 is 0 Å². The first-order valence-corrected chi connectivity index (χ1v) is 6.72. The molecule has 5 heteroatoms. The van der Waals surface area contributed by atoms with Crippen LogP contribution in [0.4, 0.5) is 0 Å². The molecule has 18 heavy (non-hydrogen) atoms. The summed E-state index contributed by atoms with van der Waals surface area (Å²) in [6.07, 6.45) is 0.729. The first-order valence-electron chi connectivity index (χ1n) is 6.72. The van der Waals surface area contributed by atoms with E-state index in [0.29, 0.717) is 33.0 Å². The molecular weight excluding hydrogens is 234 g/mol. The van der Waals surface area contributed by atoms with Gasteiger partial charge in [0.05, 0.1) is 38.6 Å². The summed E-state index contributed by atoms with van der Waals surface area (Å²) in [5, 5.41) is 13.1. The Hall–Kier alpha value is -0.200. The van der Waals surface area contributed by atoms with Gasteiger partial charge in [0.15, 0.2) is 0 Å². The zero-order valence-corrected chi connectivity index (χ0v) is 11.8. The number of hydrogen-bond donors (Lipinski definition) is 2. The highest BCUT2D eigenvalue weighted by molar-refractivity contribution is 4.87. The highest BCUT2D eigenvalue weighted by atomic mass is 16.5. The van der Waals surface area contributed by atoms with Crippen molar-refractivity contribution in [3.05, 3.63) is 0 Å². The third kappa shape index (κ3) is 6.66. The average Bonchev–Trinajstić information content (AvgIpc) is 2.73. The van der Waals surface area contributed by atoms with Gasteiger partial charge in [-0.05, 0) is 27.2 Å². The molecule has 1 saturated heterocycles. The van der Waals surface area contributed by atoms with Crippen molar-refractivity contribution >= 4 is 0 Å². The van der Waals surface area contributed by atoms with Crippen LogP contribution in [-0.4, -0.2) is 62.4 Å². The fourth-order valence-corrected chi connectivity index (χ4v) is 1.79. The maximum absolute atomic E-state index is 9.76. The van der Waals surface area contributed by atoms with Gasteiger partial charge in [-0.15, -0.1) is 0 Å². The minimum Gasteiger partial charge on any atom is -0.389 e. The van der Waals surface area contributed by atoms with E-state index in [0.717, 1.165) is 13.0 Å². The van der Waals surface area contributed by atoms with E-state index in [1.165, 1.54) is 0 Å². The highest BCUT2D eigenvalue weighted by Gasteiger charge is 2.29. The Morgan fingerprint density at radius 2 is 2.17 bits per heavy atom. The molecule has 2 atom stereocenters. The maximum Gasteiger partial charge on any atom is 0.0897 e. The summed E-state index contributed by atoms with van der Waals surface area (Å²) in [6.45, 7) is 9.57. The molecule has 108 valence electrons. The minimum absolute atomic E-state index is 0.00172. The molecule has 0 aliphatic carbocycles. The van der Waals surface area contributed by atoms with Gasteiger partial charge in [0.1, 0.15) is 0 Å². The molecular formula is C13H27NO4. The first kappa shape index (κ1) is 15.9. The standard InChI is InChI=1S/C13H27NO4/c1-11(2)18-7-6-16-9-12(15)8-14-13(3)4-5-17-10-13/h11-12,14-15H,4-10H2,1-3H3. The zero-order valence-electron chi connectivity index (χ0n) is 11.8. The molecule has 1 fully saturated rings. The maximum atomic E-state index is 9.76. The fraction of sp³-hybridized carbons (Fsp3) is 1.00. The van der Waals surface area contributed by atoms with Crippen molar-refractivity contribution < 1.29 is 19.3 Å². The van der Waals surface area contributed by atoms with E-state index in [2.05, 4.69) is 12.2 Å². The van der Waals surface area contributed by atoms with E-state index in [9.17, 15) is 5.11 Å². The van der Waals surface area contributed by atoms with Crippen LogP contribution in [-0.2, 0) is 14.2 Å². The second-order valence-corrected chi connectivity index (χ2v) is 5.39. The van der Waals surface area contributed by atoms with Crippen LogP contribution in [0.25, 0.3) is 0 Å². The van der Waals surface area contributed by atoms with Crippen molar-refractivity contribution in [3.63, 3.8) is 0 Å². The third-order valence-electron chi connectivity index (χ3n) is 2.97. The monoisotopic (exact) mass is 261 g/mol. The zero-order chi connectivity index (χ0) is 13.4. The molecule has 1 aliphatic rings. The van der Waals surface area contributed by atoms with Crippen molar-refractivity contribution in [1.82, 2.24) is 5.32 Å². The van der Waals surface area contributed by atoms with Crippen LogP contribution in [0, 0.1) is 0 Å². The predicted octanol–water partition coefficient (Wildman–Crippen LogP) is 0.558. The molecule has 2 N–H and O–H groups in total. The number of hydrogen-bond acceptors (Lipinski definition) is 5. The normalized spacial score (nSPS) is 25.8. The lowest BCUT2D eigenvalue weighted by Gasteiger charge is -2.25. The summed E-state index contributed by atoms with van der Waals surface area (Å²) in [6, 6.07) is 0. The van der Waals surface area contributed by atoms with Crippen LogP contribution in [0.15, 0.2) is 0 Å². The molecule has 1 rings (SSSR count). The molecule has 5 nitrogen and oxygen atoms in total. The van der Waals surface area contributed by atoms with Gasteiger partial charge >= 0.3 is 0 Å². The number of aliphatic hydroxyl groups excluding tert-OH is 1.